The maximum atomic E-state index is 2.56. The van der Waals surface area contributed by atoms with Gasteiger partial charge in [0.2, 0.25) is 0 Å². The molecule has 2 rings (SSSR count). The lowest BCUT2D eigenvalue weighted by Gasteiger charge is -2.36. The van der Waals surface area contributed by atoms with E-state index in [4.69, 9.17) is 0 Å². The largest absolute Gasteiger partial charge is 0.289 e. The average molecular weight is 218 g/mol. The van der Waals surface area contributed by atoms with Crippen LogP contribution in [0.2, 0.25) is 0 Å². The van der Waals surface area contributed by atoms with E-state index in [-0.39, 0.29) is 5.54 Å². The van der Waals surface area contributed by atoms with Crippen molar-refractivity contribution in [3.8, 4) is 0 Å². The summed E-state index contributed by atoms with van der Waals surface area (Å²) in [6.45, 7) is 11.5. The summed E-state index contributed by atoms with van der Waals surface area (Å²) >= 11 is 0. The Morgan fingerprint density at radius 2 is 1.81 bits per heavy atom. The molecule has 0 amide bonds. The van der Waals surface area contributed by atoms with E-state index in [1.807, 2.05) is 0 Å². The first-order valence-corrected chi connectivity index (χ1v) is 6.17. The van der Waals surface area contributed by atoms with Gasteiger partial charge in [0.15, 0.2) is 0 Å². The summed E-state index contributed by atoms with van der Waals surface area (Å²) in [5, 5.41) is 0. The molecule has 1 aliphatic rings. The molecule has 16 heavy (non-hydrogen) atoms. The lowest BCUT2D eigenvalue weighted by molar-refractivity contribution is 0.126. The fourth-order valence-corrected chi connectivity index (χ4v) is 2.39. The van der Waals surface area contributed by atoms with E-state index >= 15 is 0 Å². The summed E-state index contributed by atoms with van der Waals surface area (Å²) < 4.78 is 0. The van der Waals surface area contributed by atoms with E-state index in [9.17, 15) is 0 Å². The van der Waals surface area contributed by atoms with Crippen molar-refractivity contribution in [2.24, 2.45) is 0 Å². The molecule has 0 N–H and O–H groups in total. The molecule has 0 bridgehead atoms. The van der Waals surface area contributed by atoms with E-state index in [1.165, 1.54) is 18.7 Å². The maximum Gasteiger partial charge on any atom is 0.0515 e. The zero-order chi connectivity index (χ0) is 11.6. The highest BCUT2D eigenvalue weighted by atomic mass is 15.4. The van der Waals surface area contributed by atoms with Crippen molar-refractivity contribution in [3.05, 3.63) is 35.9 Å². The van der Waals surface area contributed by atoms with Crippen LogP contribution in [-0.4, -0.2) is 36.1 Å². The van der Waals surface area contributed by atoms with Crippen molar-refractivity contribution in [3.63, 3.8) is 0 Å². The van der Waals surface area contributed by atoms with E-state index in [2.05, 4.69) is 60.9 Å². The van der Waals surface area contributed by atoms with Crippen LogP contribution in [0.4, 0.5) is 0 Å². The summed E-state index contributed by atoms with van der Waals surface area (Å²) in [5.74, 6) is 0. The zero-order valence-corrected chi connectivity index (χ0v) is 10.6. The second-order valence-corrected chi connectivity index (χ2v) is 5.04. The Kier molecular flexibility index (Phi) is 3.31. The molecule has 1 saturated heterocycles. The van der Waals surface area contributed by atoms with Gasteiger partial charge in [-0.05, 0) is 26.0 Å². The molecule has 1 aromatic rings. The number of likely N-dealkylation sites (N-methyl/N-ethyl adjacent to an activating group) is 1. The van der Waals surface area contributed by atoms with Gasteiger partial charge in [-0.1, -0.05) is 37.3 Å². The Bertz CT molecular complexity index is 332. The number of hydrogen-bond donors (Lipinski definition) is 0. The number of rotatable bonds is 3. The van der Waals surface area contributed by atoms with E-state index in [1.54, 1.807) is 0 Å². The Labute approximate surface area is 98.9 Å². The molecular weight excluding hydrogens is 196 g/mol. The van der Waals surface area contributed by atoms with Crippen molar-refractivity contribution in [1.82, 2.24) is 9.80 Å². The van der Waals surface area contributed by atoms with Crippen LogP contribution in [0.3, 0.4) is 0 Å². The second-order valence-electron chi connectivity index (χ2n) is 5.04. The molecule has 0 saturated carbocycles. The monoisotopic (exact) mass is 218 g/mol. The first-order chi connectivity index (χ1) is 7.64. The van der Waals surface area contributed by atoms with E-state index < -0.39 is 0 Å². The first kappa shape index (κ1) is 11.6. The van der Waals surface area contributed by atoms with Gasteiger partial charge >= 0.3 is 0 Å². The summed E-state index contributed by atoms with van der Waals surface area (Å²) in [6.07, 6.45) is 0. The molecule has 1 aromatic carbocycles. The highest BCUT2D eigenvalue weighted by molar-refractivity contribution is 5.23. The van der Waals surface area contributed by atoms with Gasteiger partial charge in [-0.3, -0.25) is 9.80 Å². The number of hydrogen-bond acceptors (Lipinski definition) is 2. The molecule has 1 aliphatic heterocycles. The fourth-order valence-electron chi connectivity index (χ4n) is 2.39. The SMILES string of the molecule is CCN1CCN(C(C)(C)c2ccccc2)C1. The molecule has 0 aromatic heterocycles. The summed E-state index contributed by atoms with van der Waals surface area (Å²) in [7, 11) is 0. The zero-order valence-electron chi connectivity index (χ0n) is 10.6. The molecule has 1 fully saturated rings. The molecular formula is C14H22N2. The Balaban J connectivity index is 2.14. The van der Waals surface area contributed by atoms with Gasteiger partial charge < -0.3 is 0 Å². The number of benzene rings is 1. The summed E-state index contributed by atoms with van der Waals surface area (Å²) in [4.78, 5) is 5.05. The molecule has 0 unspecified atom stereocenters. The quantitative estimate of drug-likeness (QED) is 0.769. The minimum Gasteiger partial charge on any atom is -0.289 e. The standard InChI is InChI=1S/C14H22N2/c1-4-15-10-11-16(12-15)14(2,3)13-8-6-5-7-9-13/h5-9H,4,10-12H2,1-3H3. The Hall–Kier alpha value is -0.860. The lowest BCUT2D eigenvalue weighted by Crippen LogP contribution is -2.41. The van der Waals surface area contributed by atoms with Crippen molar-refractivity contribution in [2.45, 2.75) is 26.3 Å². The number of nitrogens with zero attached hydrogens (tertiary/aromatic N) is 2. The third kappa shape index (κ3) is 2.13. The van der Waals surface area contributed by atoms with Gasteiger partial charge in [-0.15, -0.1) is 0 Å². The van der Waals surface area contributed by atoms with Gasteiger partial charge in [-0.25, -0.2) is 0 Å². The smallest absolute Gasteiger partial charge is 0.0515 e. The predicted octanol–water partition coefficient (Wildman–Crippen LogP) is 2.52. The van der Waals surface area contributed by atoms with Crippen molar-refractivity contribution in [2.75, 3.05) is 26.3 Å². The van der Waals surface area contributed by atoms with Crippen LogP contribution >= 0.6 is 0 Å². The van der Waals surface area contributed by atoms with Gasteiger partial charge in [0, 0.05) is 18.6 Å². The van der Waals surface area contributed by atoms with Gasteiger partial charge in [0.05, 0.1) is 6.67 Å². The first-order valence-electron chi connectivity index (χ1n) is 6.17. The van der Waals surface area contributed by atoms with Crippen LogP contribution in [0.1, 0.15) is 26.3 Å². The van der Waals surface area contributed by atoms with Crippen LogP contribution in [-0.2, 0) is 5.54 Å². The van der Waals surface area contributed by atoms with E-state index in [0.717, 1.165) is 13.2 Å². The average Bonchev–Trinajstić information content (AvgIpc) is 2.79. The minimum atomic E-state index is 0.144. The van der Waals surface area contributed by atoms with Gasteiger partial charge in [-0.2, -0.15) is 0 Å². The van der Waals surface area contributed by atoms with Crippen LogP contribution in [0, 0.1) is 0 Å². The molecule has 2 nitrogen and oxygen atoms in total. The lowest BCUT2D eigenvalue weighted by atomic mass is 9.93. The summed E-state index contributed by atoms with van der Waals surface area (Å²) in [6, 6.07) is 10.8. The normalized spacial score (nSPS) is 19.2. The second kappa shape index (κ2) is 4.56. The molecule has 0 aliphatic carbocycles. The Morgan fingerprint density at radius 1 is 1.12 bits per heavy atom. The van der Waals surface area contributed by atoms with Crippen LogP contribution in [0.15, 0.2) is 30.3 Å². The van der Waals surface area contributed by atoms with Crippen LogP contribution < -0.4 is 0 Å². The molecule has 0 radical (unpaired) electrons. The van der Waals surface area contributed by atoms with Gasteiger partial charge in [0.1, 0.15) is 0 Å². The van der Waals surface area contributed by atoms with Crippen molar-refractivity contribution in [1.29, 1.82) is 0 Å². The highest BCUT2D eigenvalue weighted by Gasteiger charge is 2.32. The molecule has 88 valence electrons. The third-order valence-electron chi connectivity index (χ3n) is 3.77. The summed E-state index contributed by atoms with van der Waals surface area (Å²) in [5.41, 5.74) is 1.55. The minimum absolute atomic E-state index is 0.144. The molecule has 0 atom stereocenters. The molecule has 2 heteroatoms. The predicted molar refractivity (Wildman–Crippen MR) is 68.3 cm³/mol. The topological polar surface area (TPSA) is 6.48 Å². The van der Waals surface area contributed by atoms with Crippen molar-refractivity contribution < 1.29 is 0 Å². The molecule has 0 spiro atoms. The third-order valence-corrected chi connectivity index (χ3v) is 3.77. The molecule has 1 heterocycles. The maximum absolute atomic E-state index is 2.56. The van der Waals surface area contributed by atoms with Crippen LogP contribution in [0.5, 0.6) is 0 Å². The van der Waals surface area contributed by atoms with Crippen LogP contribution in [0.25, 0.3) is 0 Å². The van der Waals surface area contributed by atoms with E-state index in [0.29, 0.717) is 0 Å². The Morgan fingerprint density at radius 3 is 2.38 bits per heavy atom. The highest BCUT2D eigenvalue weighted by Crippen LogP contribution is 2.29. The van der Waals surface area contributed by atoms with Crippen molar-refractivity contribution >= 4 is 0 Å². The fraction of sp³-hybridized carbons (Fsp3) is 0.571. The van der Waals surface area contributed by atoms with Gasteiger partial charge in [0.25, 0.3) is 0 Å².